The van der Waals surface area contributed by atoms with Crippen LogP contribution in [0.1, 0.15) is 6.42 Å². The van der Waals surface area contributed by atoms with Crippen LogP contribution in [0, 0.1) is 0 Å². The molecule has 0 aliphatic carbocycles. The first kappa shape index (κ1) is 24.0. The first-order chi connectivity index (χ1) is 10.9. The minimum atomic E-state index is -2.03. The minimum absolute atomic E-state index is 0.364. The van der Waals surface area contributed by atoms with E-state index in [-0.39, 0.29) is 5.97 Å². The maximum Gasteiger partial charge on any atom is 0.330 e. The van der Waals surface area contributed by atoms with E-state index in [1.165, 1.54) is 6.08 Å². The fraction of sp³-hybridized carbons (Fsp3) is 0.800. The largest absolute Gasteiger partial charge is 0.463 e. The van der Waals surface area contributed by atoms with Gasteiger partial charge in [-0.3, -0.25) is 0 Å². The van der Waals surface area contributed by atoms with Crippen LogP contribution >= 0.6 is 0 Å². The van der Waals surface area contributed by atoms with Gasteiger partial charge in [0.05, 0.1) is 6.61 Å². The Morgan fingerprint density at radius 2 is 1.25 bits per heavy atom. The molecule has 0 atom stereocenters. The first-order valence-corrected chi connectivity index (χ1v) is 22.3. The number of rotatable bonds is 11. The number of esters is 1. The molecule has 0 rings (SSSR count). The van der Waals surface area contributed by atoms with E-state index in [2.05, 4.69) is 45.9 Å². The molecule has 0 radical (unpaired) electrons. The summed E-state index contributed by atoms with van der Waals surface area (Å²) in [7, 11) is -0.493. The van der Waals surface area contributed by atoms with E-state index in [4.69, 9.17) is 18.0 Å². The molecule has 24 heavy (non-hydrogen) atoms. The van der Waals surface area contributed by atoms with Crippen molar-refractivity contribution in [2.75, 3.05) is 27.9 Å². The van der Waals surface area contributed by atoms with Gasteiger partial charge in [0.25, 0.3) is 0 Å². The number of ether oxygens (including phenoxy) is 1. The van der Waals surface area contributed by atoms with Crippen molar-refractivity contribution < 1.29 is 22.8 Å². The van der Waals surface area contributed by atoms with Gasteiger partial charge in [0.2, 0.25) is 0 Å². The fourth-order valence-electron chi connectivity index (χ4n) is 4.17. The van der Waals surface area contributed by atoms with Crippen LogP contribution < -0.4 is 0 Å². The van der Waals surface area contributed by atoms with Crippen LogP contribution in [-0.4, -0.2) is 64.0 Å². The van der Waals surface area contributed by atoms with Crippen LogP contribution in [0.15, 0.2) is 12.7 Å². The van der Waals surface area contributed by atoms with Gasteiger partial charge in [0.15, 0.2) is 23.5 Å². The molecule has 0 saturated heterocycles. The summed E-state index contributed by atoms with van der Waals surface area (Å²) < 4.78 is 23.7. The van der Waals surface area contributed by atoms with E-state index >= 15 is 0 Å². The molecule has 0 bridgehead atoms. The van der Waals surface area contributed by atoms with Crippen molar-refractivity contribution in [2.45, 2.75) is 51.7 Å². The summed E-state index contributed by atoms with van der Waals surface area (Å²) in [5.74, 6) is -0.364. The summed E-state index contributed by atoms with van der Waals surface area (Å²) in [5.41, 5.74) is 0. The summed E-state index contributed by atoms with van der Waals surface area (Å²) in [5, 5.41) is 0. The Morgan fingerprint density at radius 1 is 0.875 bits per heavy atom. The summed E-state index contributed by atoms with van der Waals surface area (Å²) in [6.45, 7) is 15.7. The molecule has 142 valence electrons. The molecule has 0 aromatic carbocycles. The van der Waals surface area contributed by atoms with Crippen LogP contribution in [0.5, 0.6) is 0 Å². The van der Waals surface area contributed by atoms with Gasteiger partial charge >= 0.3 is 5.97 Å². The summed E-state index contributed by atoms with van der Waals surface area (Å²) in [6.07, 6.45) is 2.03. The van der Waals surface area contributed by atoms with E-state index in [1.54, 1.807) is 0 Å². The standard InChI is InChI=1S/C15H36O5Si4/c1-11-15(16)20-13-12-14-24(21(5,6)17-2,22(7,8)18-3)23(9,10)19-4/h11H,1,12-14H2,2-10H3. The lowest BCUT2D eigenvalue weighted by Crippen LogP contribution is -2.86. The molecule has 0 heterocycles. The summed E-state index contributed by atoms with van der Waals surface area (Å²) in [6, 6.07) is 1.02. The fourth-order valence-corrected chi connectivity index (χ4v) is 79.9. The van der Waals surface area contributed by atoms with Crippen LogP contribution in [0.4, 0.5) is 0 Å². The van der Waals surface area contributed by atoms with Crippen molar-refractivity contribution >= 4 is 36.1 Å². The Morgan fingerprint density at radius 3 is 1.54 bits per heavy atom. The molecule has 0 aliphatic rings. The molecule has 0 spiro atoms. The third-order valence-electron chi connectivity index (χ3n) is 5.72. The van der Waals surface area contributed by atoms with Crippen LogP contribution in [-0.2, 0) is 22.8 Å². The van der Waals surface area contributed by atoms with Gasteiger partial charge in [-0.2, -0.15) is 0 Å². The third kappa shape index (κ3) is 4.57. The highest BCUT2D eigenvalue weighted by molar-refractivity contribution is 7.87. The second-order valence-electron chi connectivity index (χ2n) is 7.52. The van der Waals surface area contributed by atoms with E-state index in [0.29, 0.717) is 6.61 Å². The molecule has 0 saturated carbocycles. The Hall–Kier alpha value is -0.0425. The quantitative estimate of drug-likeness (QED) is 0.227. The highest BCUT2D eigenvalue weighted by Gasteiger charge is 2.70. The maximum atomic E-state index is 11.3. The van der Waals surface area contributed by atoms with Crippen molar-refractivity contribution in [2.24, 2.45) is 0 Å². The number of carbonyl (C=O) groups excluding carboxylic acids is 1. The molecule has 0 aromatic heterocycles. The van der Waals surface area contributed by atoms with Gasteiger partial charge in [0.1, 0.15) is 6.63 Å². The first-order valence-electron chi connectivity index (χ1n) is 8.33. The molecule has 0 aliphatic heterocycles. The predicted octanol–water partition coefficient (Wildman–Crippen LogP) is 3.34. The normalized spacial score (nSPS) is 13.7. The second kappa shape index (κ2) is 9.06. The molecule has 0 aromatic rings. The van der Waals surface area contributed by atoms with Crippen molar-refractivity contribution in [3.8, 4) is 0 Å². The van der Waals surface area contributed by atoms with E-state index in [1.807, 2.05) is 21.3 Å². The monoisotopic (exact) mass is 408 g/mol. The lowest BCUT2D eigenvalue weighted by atomic mass is 10.5. The Balaban J connectivity index is 5.86. The predicted molar refractivity (Wildman–Crippen MR) is 110 cm³/mol. The Kier molecular flexibility index (Phi) is 9.04. The van der Waals surface area contributed by atoms with Crippen LogP contribution in [0.25, 0.3) is 0 Å². The molecular weight excluding hydrogens is 373 g/mol. The van der Waals surface area contributed by atoms with E-state index in [0.717, 1.165) is 12.5 Å². The lowest BCUT2D eigenvalue weighted by Gasteiger charge is -2.56. The molecule has 0 N–H and O–H groups in total. The molecular formula is C15H36O5Si4. The Bertz CT molecular complexity index is 397. The zero-order chi connectivity index (χ0) is 19.2. The van der Waals surface area contributed by atoms with E-state index < -0.39 is 30.1 Å². The maximum absolute atomic E-state index is 11.3. The summed E-state index contributed by atoms with van der Waals surface area (Å²) in [4.78, 5) is 11.3. The van der Waals surface area contributed by atoms with Gasteiger partial charge in [-0.15, -0.1) is 0 Å². The SMILES string of the molecule is C=CC(=O)OCCC[Si]([Si](C)(C)OC)([Si](C)(C)OC)[Si](C)(C)OC. The van der Waals surface area contributed by atoms with Gasteiger partial charge in [-0.25, -0.2) is 4.79 Å². The van der Waals surface area contributed by atoms with Crippen molar-refractivity contribution in [3.05, 3.63) is 12.7 Å². The molecule has 5 nitrogen and oxygen atoms in total. The van der Waals surface area contributed by atoms with Crippen molar-refractivity contribution in [1.29, 1.82) is 0 Å². The smallest absolute Gasteiger partial charge is 0.330 e. The molecule has 0 amide bonds. The van der Waals surface area contributed by atoms with Gasteiger partial charge < -0.3 is 18.0 Å². The molecule has 0 unspecified atom stereocenters. The lowest BCUT2D eigenvalue weighted by molar-refractivity contribution is -0.137. The van der Waals surface area contributed by atoms with E-state index in [9.17, 15) is 4.79 Å². The summed E-state index contributed by atoms with van der Waals surface area (Å²) >= 11 is 0. The zero-order valence-corrected chi connectivity index (χ0v) is 20.9. The van der Waals surface area contributed by atoms with Crippen molar-refractivity contribution in [1.82, 2.24) is 0 Å². The second-order valence-corrected chi connectivity index (χ2v) is 43.1. The van der Waals surface area contributed by atoms with Crippen molar-refractivity contribution in [3.63, 3.8) is 0 Å². The number of carbonyl (C=O) groups is 1. The number of hydrogen-bond donors (Lipinski definition) is 0. The Labute approximate surface area is 151 Å². The number of hydrogen-bond acceptors (Lipinski definition) is 5. The minimum Gasteiger partial charge on any atom is -0.463 e. The highest BCUT2D eigenvalue weighted by atomic mass is 29.9. The molecule has 9 heteroatoms. The van der Waals surface area contributed by atoms with Gasteiger partial charge in [-0.1, -0.05) is 12.6 Å². The van der Waals surface area contributed by atoms with Gasteiger partial charge in [0, 0.05) is 27.4 Å². The third-order valence-corrected chi connectivity index (χ3v) is 71.2. The van der Waals surface area contributed by atoms with Crippen LogP contribution in [0.2, 0.25) is 45.3 Å². The van der Waals surface area contributed by atoms with Gasteiger partial charge in [-0.05, 0) is 45.7 Å². The zero-order valence-electron chi connectivity index (χ0n) is 16.9. The average molecular weight is 409 g/mol. The topological polar surface area (TPSA) is 54.0 Å². The molecule has 0 fully saturated rings. The average Bonchev–Trinajstić information content (AvgIpc) is 2.53. The van der Waals surface area contributed by atoms with Crippen LogP contribution in [0.3, 0.4) is 0 Å². The highest BCUT2D eigenvalue weighted by Crippen LogP contribution is 2.41.